The highest BCUT2D eigenvalue weighted by Gasteiger charge is 2.36. The Hall–Kier alpha value is -1.51. The highest BCUT2D eigenvalue weighted by Crippen LogP contribution is 2.32. The van der Waals surface area contributed by atoms with Crippen molar-refractivity contribution in [1.82, 2.24) is 4.90 Å². The Kier molecular flexibility index (Phi) is 9.04. The maximum atomic E-state index is 10.5. The molecule has 0 aliphatic heterocycles. The van der Waals surface area contributed by atoms with E-state index in [0.717, 1.165) is 19.6 Å². The first kappa shape index (κ1) is 24.5. The van der Waals surface area contributed by atoms with Crippen LogP contribution in [-0.4, -0.2) is 26.8 Å². The second kappa shape index (κ2) is 10.3. The Morgan fingerprint density at radius 2 is 1.11 bits per heavy atom. The Balaban J connectivity index is 0.000000696. The van der Waals surface area contributed by atoms with E-state index in [-0.39, 0.29) is 5.41 Å². The summed E-state index contributed by atoms with van der Waals surface area (Å²) in [5, 5.41) is 10.5. The number of halogens is 1. The Bertz CT molecular complexity index is 634. The van der Waals surface area contributed by atoms with Crippen molar-refractivity contribution in [2.45, 2.75) is 46.4 Å². The molecule has 0 amide bonds. The van der Waals surface area contributed by atoms with Crippen LogP contribution in [0.4, 0.5) is 0 Å². The van der Waals surface area contributed by atoms with Gasteiger partial charge in [-0.1, -0.05) is 74.5 Å². The van der Waals surface area contributed by atoms with Crippen LogP contribution < -0.4 is 14.0 Å². The quantitative estimate of drug-likeness (QED) is 0.680. The van der Waals surface area contributed by atoms with Crippen LogP contribution >= 0.6 is 0 Å². The number of aliphatic hydroxyl groups is 1. The summed E-state index contributed by atoms with van der Waals surface area (Å²) in [4.78, 5) is 2.42. The second-order valence-corrected chi connectivity index (χ2v) is 8.75. The van der Waals surface area contributed by atoms with E-state index >= 15 is 0 Å². The van der Waals surface area contributed by atoms with Gasteiger partial charge in [-0.25, -0.2) is 0 Å². The van der Waals surface area contributed by atoms with E-state index in [0.29, 0.717) is 0 Å². The summed E-state index contributed by atoms with van der Waals surface area (Å²) in [6.07, 6.45) is 0. The first-order chi connectivity index (χ1) is 12.8. The summed E-state index contributed by atoms with van der Waals surface area (Å²) in [7, 11) is -4.69. The molecule has 0 unspecified atom stereocenters. The van der Waals surface area contributed by atoms with Crippen LogP contribution in [0.2, 0.25) is 0 Å². The van der Waals surface area contributed by atoms with E-state index in [9.17, 15) is 5.11 Å². The molecule has 0 saturated heterocycles. The Morgan fingerprint density at radius 3 is 1.39 bits per heavy atom. The largest absolute Gasteiger partial charge is 0.390 e. The predicted octanol–water partition coefficient (Wildman–Crippen LogP) is 0.362. The molecule has 0 heterocycles. The van der Waals surface area contributed by atoms with Crippen molar-refractivity contribution in [1.29, 1.82) is 0 Å². The van der Waals surface area contributed by atoms with E-state index in [2.05, 4.69) is 67.3 Å². The Labute approximate surface area is 169 Å². The molecule has 0 aliphatic carbocycles. The molecule has 0 aromatic heterocycles. The summed E-state index contributed by atoms with van der Waals surface area (Å²) in [6, 6.07) is 21.1. The van der Waals surface area contributed by atoms with Crippen LogP contribution in [0, 0.1) is 15.7 Å². The number of nitrogens with zero attached hydrogens (tertiary/aromatic N) is 1. The van der Waals surface area contributed by atoms with Gasteiger partial charge in [-0.3, -0.25) is 4.90 Å². The minimum absolute atomic E-state index is 0.198. The monoisotopic (exact) mass is 411 g/mol. The first-order valence-electron chi connectivity index (χ1n) is 8.94. The molecule has 156 valence electrons. The molecule has 6 nitrogen and oxygen atoms in total. The number of benzene rings is 2. The van der Waals surface area contributed by atoms with Crippen molar-refractivity contribution in [2.75, 3.05) is 6.54 Å². The van der Waals surface area contributed by atoms with Gasteiger partial charge in [-0.15, -0.1) is 0 Å². The van der Waals surface area contributed by atoms with E-state index < -0.39 is 15.8 Å². The third kappa shape index (κ3) is 10.1. The van der Waals surface area contributed by atoms with Crippen molar-refractivity contribution in [2.24, 2.45) is 5.41 Å². The van der Waals surface area contributed by atoms with Gasteiger partial charge in [0.05, 0.1) is 20.5 Å². The van der Waals surface area contributed by atoms with Crippen LogP contribution in [0.15, 0.2) is 60.7 Å². The molecule has 0 atom stereocenters. The summed E-state index contributed by atoms with van der Waals surface area (Å²) in [5.41, 5.74) is 1.68. The van der Waals surface area contributed by atoms with Crippen molar-refractivity contribution in [3.63, 3.8) is 0 Å². The molecule has 28 heavy (non-hydrogen) atoms. The fraction of sp³-hybridized carbons (Fsp3) is 0.429. The maximum absolute atomic E-state index is 10.5. The lowest BCUT2D eigenvalue weighted by molar-refractivity contribution is -1.92. The lowest BCUT2D eigenvalue weighted by Crippen LogP contribution is -2.58. The average molecular weight is 412 g/mol. The molecule has 0 aliphatic rings. The maximum Gasteiger partial charge on any atom is 0.0777 e. The van der Waals surface area contributed by atoms with Crippen molar-refractivity contribution < 1.29 is 34.0 Å². The van der Waals surface area contributed by atoms with Crippen molar-refractivity contribution in [3.8, 4) is 0 Å². The zero-order valence-electron chi connectivity index (χ0n) is 16.8. The highest BCUT2D eigenvalue weighted by atomic mass is 35.7. The number of hydrogen-bond donors (Lipinski definition) is 2. The predicted molar refractivity (Wildman–Crippen MR) is 99.3 cm³/mol. The van der Waals surface area contributed by atoms with Gasteiger partial charge in [0.15, 0.2) is 0 Å². The molecule has 2 aromatic rings. The summed E-state index contributed by atoms with van der Waals surface area (Å²) < 4.78 is 32.7. The van der Waals surface area contributed by atoms with Crippen LogP contribution in [0.3, 0.4) is 0 Å². The fourth-order valence-corrected chi connectivity index (χ4v) is 2.60. The van der Waals surface area contributed by atoms with E-state index in [1.54, 1.807) is 0 Å². The van der Waals surface area contributed by atoms with Gasteiger partial charge in [-0.05, 0) is 25.0 Å². The molecule has 7 heteroatoms. The number of rotatable bonds is 7. The van der Waals surface area contributed by atoms with Gasteiger partial charge >= 0.3 is 0 Å². The third-order valence-electron chi connectivity index (χ3n) is 4.77. The average Bonchev–Trinajstić information content (AvgIpc) is 2.53. The lowest BCUT2D eigenvalue weighted by atomic mass is 9.76. The molecule has 2 N–H and O–H groups in total. The molecule has 2 aromatic carbocycles. The van der Waals surface area contributed by atoms with Crippen molar-refractivity contribution in [3.05, 3.63) is 71.8 Å². The van der Waals surface area contributed by atoms with Gasteiger partial charge in [0.25, 0.3) is 0 Å². The summed E-state index contributed by atoms with van der Waals surface area (Å²) >= 11 is 0. The van der Waals surface area contributed by atoms with Crippen LogP contribution in [0.5, 0.6) is 0 Å². The molecule has 0 bridgehead atoms. The van der Waals surface area contributed by atoms with Gasteiger partial charge in [-0.2, -0.15) is 14.0 Å². The fourth-order valence-electron chi connectivity index (χ4n) is 2.60. The van der Waals surface area contributed by atoms with Gasteiger partial charge in [0.2, 0.25) is 0 Å². The van der Waals surface area contributed by atoms with Crippen LogP contribution in [0.25, 0.3) is 0 Å². The minimum Gasteiger partial charge on any atom is -0.390 e. The Morgan fingerprint density at radius 1 is 0.786 bits per heavy atom. The normalized spacial score (nSPS) is 12.5. The van der Waals surface area contributed by atoms with Gasteiger partial charge in [0.1, 0.15) is 0 Å². The molecule has 0 fully saturated rings. The topological polar surface area (TPSA) is 113 Å². The smallest absolute Gasteiger partial charge is 0.0777 e. The minimum atomic E-state index is -4.69. The van der Waals surface area contributed by atoms with E-state index in [1.807, 2.05) is 26.0 Å². The zero-order chi connectivity index (χ0) is 21.4. The second-order valence-electron chi connectivity index (χ2n) is 7.96. The van der Waals surface area contributed by atoms with Crippen molar-refractivity contribution >= 4 is 0 Å². The summed E-state index contributed by atoms with van der Waals surface area (Å²) in [5.74, 6) is 0. The lowest BCUT2D eigenvalue weighted by Gasteiger charge is -2.41. The summed E-state index contributed by atoms with van der Waals surface area (Å²) in [6.45, 7) is 10.7. The van der Waals surface area contributed by atoms with E-state index in [1.165, 1.54) is 11.1 Å². The molecule has 0 saturated carbocycles. The van der Waals surface area contributed by atoms with Crippen LogP contribution in [-0.2, 0) is 13.1 Å². The third-order valence-corrected chi connectivity index (χ3v) is 4.77. The molecule has 2 rings (SSSR count). The molecule has 0 radical (unpaired) electrons. The van der Waals surface area contributed by atoms with Crippen LogP contribution in [0.1, 0.15) is 38.8 Å². The van der Waals surface area contributed by atoms with Gasteiger partial charge < -0.3 is 5.11 Å². The highest BCUT2D eigenvalue weighted by molar-refractivity contribution is 5.17. The molecule has 0 spiro atoms. The van der Waals surface area contributed by atoms with E-state index in [4.69, 9.17) is 18.6 Å². The molecular weight excluding hydrogens is 382 g/mol. The molecular formula is C21H30ClNO5. The SMILES string of the molecule is CC(C)(O)C(C)(C)CN(Cc1ccccc1)Cc1ccccc1.[O-][Cl+3]([O-])([O-])O. The van der Waals surface area contributed by atoms with Gasteiger partial charge in [0, 0.05) is 25.0 Å². The first-order valence-corrected chi connectivity index (χ1v) is 10.2. The standard InChI is InChI=1S/C21H29NO.ClHO4/c1-20(2,21(3,4)23)17-22(15-18-11-7-5-8-12-18)16-19-13-9-6-10-14-19;2-1(3,4)5/h5-14,23H,15-17H2,1-4H3;(H,2,3,4,5). The zero-order valence-corrected chi connectivity index (χ0v) is 17.6. The number of hydrogen-bond acceptors (Lipinski definition) is 6.